The Labute approximate surface area is 177 Å². The number of nitrogens with one attached hydrogen (secondary N) is 2. The molecule has 0 unspecified atom stereocenters. The summed E-state index contributed by atoms with van der Waals surface area (Å²) in [4.78, 5) is 36.2. The summed E-state index contributed by atoms with van der Waals surface area (Å²) in [5.74, 6) is -0.677. The molecule has 9 heteroatoms. The van der Waals surface area contributed by atoms with Crippen LogP contribution >= 0.6 is 11.3 Å². The van der Waals surface area contributed by atoms with Crippen LogP contribution in [0.25, 0.3) is 0 Å². The van der Waals surface area contributed by atoms with Crippen molar-refractivity contribution in [2.45, 2.75) is 19.5 Å². The van der Waals surface area contributed by atoms with Crippen molar-refractivity contribution in [1.82, 2.24) is 20.2 Å². The minimum absolute atomic E-state index is 0.0871. The number of hydrogen-bond acceptors (Lipinski definition) is 6. The number of nitrogens with zero attached hydrogens (tertiary/aromatic N) is 3. The normalized spacial score (nSPS) is 13.5. The molecule has 0 spiro atoms. The number of rotatable bonds is 6. The van der Waals surface area contributed by atoms with Crippen molar-refractivity contribution in [3.8, 4) is 0 Å². The maximum Gasteiger partial charge on any atom is 0.276 e. The van der Waals surface area contributed by atoms with Gasteiger partial charge in [0.15, 0.2) is 5.13 Å². The molecule has 0 fully saturated rings. The predicted octanol–water partition coefficient (Wildman–Crippen LogP) is 2.60. The zero-order chi connectivity index (χ0) is 20.9. The van der Waals surface area contributed by atoms with E-state index < -0.39 is 0 Å². The summed E-state index contributed by atoms with van der Waals surface area (Å²) in [5, 5.41) is 6.19. The van der Waals surface area contributed by atoms with Gasteiger partial charge in [0.1, 0.15) is 11.5 Å². The summed E-state index contributed by atoms with van der Waals surface area (Å²) < 4.78 is 12.9. The highest BCUT2D eigenvalue weighted by Crippen LogP contribution is 2.28. The lowest BCUT2D eigenvalue weighted by Gasteiger charge is -2.25. The number of carbonyl (C=O) groups is 2. The van der Waals surface area contributed by atoms with Gasteiger partial charge in [-0.25, -0.2) is 9.37 Å². The average molecular weight is 425 g/mol. The number of benzene rings is 1. The predicted molar refractivity (Wildman–Crippen MR) is 112 cm³/mol. The van der Waals surface area contributed by atoms with Crippen LogP contribution in [0, 0.1) is 5.82 Å². The third-order valence-electron chi connectivity index (χ3n) is 4.70. The number of amides is 2. The van der Waals surface area contributed by atoms with Crippen LogP contribution in [-0.2, 0) is 24.3 Å². The first kappa shape index (κ1) is 20.1. The number of halogens is 1. The standard InChI is InChI=1S/C21H20FN5O2S/c22-15-6-4-14(5-7-15)11-24-19(28)13-27-10-8-16-18(12-27)30-21(25-16)26-20(29)17-3-1-2-9-23-17/h1-7,9H,8,10-13H2,(H,24,28)(H,25,26,29). The van der Waals surface area contributed by atoms with E-state index in [1.165, 1.54) is 23.5 Å². The van der Waals surface area contributed by atoms with Gasteiger partial charge in [-0.05, 0) is 29.8 Å². The molecular formula is C21H20FN5O2S. The number of thiazole rings is 1. The highest BCUT2D eigenvalue weighted by molar-refractivity contribution is 7.15. The molecule has 0 saturated carbocycles. The molecule has 1 aromatic carbocycles. The van der Waals surface area contributed by atoms with Crippen LogP contribution < -0.4 is 10.6 Å². The summed E-state index contributed by atoms with van der Waals surface area (Å²) >= 11 is 1.42. The Kier molecular flexibility index (Phi) is 6.10. The van der Waals surface area contributed by atoms with Crippen LogP contribution in [0.15, 0.2) is 48.7 Å². The molecule has 4 rings (SSSR count). The van der Waals surface area contributed by atoms with E-state index in [0.29, 0.717) is 30.5 Å². The van der Waals surface area contributed by atoms with Gasteiger partial charge in [-0.1, -0.05) is 18.2 Å². The van der Waals surface area contributed by atoms with Gasteiger partial charge in [-0.3, -0.25) is 24.8 Å². The molecule has 1 aliphatic rings. The third-order valence-corrected chi connectivity index (χ3v) is 5.70. The van der Waals surface area contributed by atoms with Crippen molar-refractivity contribution >= 4 is 28.3 Å². The van der Waals surface area contributed by atoms with E-state index in [1.807, 2.05) is 4.90 Å². The van der Waals surface area contributed by atoms with Crippen LogP contribution in [0.2, 0.25) is 0 Å². The third kappa shape index (κ3) is 5.05. The SMILES string of the molecule is O=C(CN1CCc2nc(NC(=O)c3ccccn3)sc2C1)NCc1ccc(F)cc1. The van der Waals surface area contributed by atoms with Gasteiger partial charge < -0.3 is 5.32 Å². The van der Waals surface area contributed by atoms with Gasteiger partial charge in [-0.2, -0.15) is 0 Å². The second-order valence-corrected chi connectivity index (χ2v) is 8.01. The molecule has 1 aliphatic heterocycles. The summed E-state index contributed by atoms with van der Waals surface area (Å²) in [5.41, 5.74) is 2.14. The summed E-state index contributed by atoms with van der Waals surface area (Å²) in [6.45, 7) is 1.96. The van der Waals surface area contributed by atoms with E-state index in [1.54, 1.807) is 36.5 Å². The maximum atomic E-state index is 12.9. The Bertz CT molecular complexity index is 1040. The molecule has 3 aromatic rings. The van der Waals surface area contributed by atoms with Gasteiger partial charge in [0.2, 0.25) is 5.91 Å². The van der Waals surface area contributed by atoms with Crippen LogP contribution in [0.4, 0.5) is 9.52 Å². The highest BCUT2D eigenvalue weighted by atomic mass is 32.1. The second-order valence-electron chi connectivity index (χ2n) is 6.92. The number of hydrogen-bond donors (Lipinski definition) is 2. The van der Waals surface area contributed by atoms with E-state index in [9.17, 15) is 14.0 Å². The van der Waals surface area contributed by atoms with Crippen LogP contribution in [0.3, 0.4) is 0 Å². The topological polar surface area (TPSA) is 87.2 Å². The molecular weight excluding hydrogens is 405 g/mol. The lowest BCUT2D eigenvalue weighted by molar-refractivity contribution is -0.122. The second kappa shape index (κ2) is 9.10. The molecule has 0 bridgehead atoms. The zero-order valence-corrected chi connectivity index (χ0v) is 16.9. The monoisotopic (exact) mass is 425 g/mol. The van der Waals surface area contributed by atoms with Crippen LogP contribution in [-0.4, -0.2) is 39.8 Å². The van der Waals surface area contributed by atoms with Gasteiger partial charge in [-0.15, -0.1) is 11.3 Å². The smallest absolute Gasteiger partial charge is 0.276 e. The fraction of sp³-hybridized carbons (Fsp3) is 0.238. The van der Waals surface area contributed by atoms with Crippen LogP contribution in [0.1, 0.15) is 26.6 Å². The Morgan fingerprint density at radius 1 is 1.17 bits per heavy atom. The fourth-order valence-corrected chi connectivity index (χ4v) is 4.20. The maximum absolute atomic E-state index is 12.9. The first-order valence-corrected chi connectivity index (χ1v) is 10.3. The van der Waals surface area contributed by atoms with E-state index >= 15 is 0 Å². The molecule has 154 valence electrons. The van der Waals surface area contributed by atoms with Crippen molar-refractivity contribution in [3.05, 3.63) is 76.3 Å². The summed E-state index contributed by atoms with van der Waals surface area (Å²) in [7, 11) is 0. The lowest BCUT2D eigenvalue weighted by atomic mass is 10.2. The fourth-order valence-electron chi connectivity index (χ4n) is 3.16. The molecule has 3 heterocycles. The Hall–Kier alpha value is -3.17. The minimum Gasteiger partial charge on any atom is -0.351 e. The number of pyridine rings is 1. The Balaban J connectivity index is 1.29. The average Bonchev–Trinajstić information content (AvgIpc) is 3.15. The van der Waals surface area contributed by atoms with Gasteiger partial charge >= 0.3 is 0 Å². The molecule has 7 nitrogen and oxygen atoms in total. The Morgan fingerprint density at radius 2 is 2.00 bits per heavy atom. The van der Waals surface area contributed by atoms with E-state index in [0.717, 1.165) is 22.6 Å². The van der Waals surface area contributed by atoms with Gasteiger partial charge in [0.25, 0.3) is 5.91 Å². The van der Waals surface area contributed by atoms with E-state index in [2.05, 4.69) is 20.6 Å². The minimum atomic E-state index is -0.297. The largest absolute Gasteiger partial charge is 0.351 e. The van der Waals surface area contributed by atoms with Gasteiger partial charge in [0.05, 0.1) is 12.2 Å². The molecule has 2 N–H and O–H groups in total. The van der Waals surface area contributed by atoms with Gasteiger partial charge in [0, 0.05) is 37.1 Å². The van der Waals surface area contributed by atoms with Crippen molar-refractivity contribution in [2.24, 2.45) is 0 Å². The summed E-state index contributed by atoms with van der Waals surface area (Å²) in [6.07, 6.45) is 2.29. The number of anilines is 1. The Morgan fingerprint density at radius 3 is 2.77 bits per heavy atom. The first-order valence-electron chi connectivity index (χ1n) is 9.51. The molecule has 2 amide bonds. The van der Waals surface area contributed by atoms with Crippen molar-refractivity contribution < 1.29 is 14.0 Å². The van der Waals surface area contributed by atoms with Crippen molar-refractivity contribution in [1.29, 1.82) is 0 Å². The van der Waals surface area contributed by atoms with Crippen LogP contribution in [0.5, 0.6) is 0 Å². The zero-order valence-electron chi connectivity index (χ0n) is 16.1. The molecule has 2 aromatic heterocycles. The molecule has 0 radical (unpaired) electrons. The number of aromatic nitrogens is 2. The van der Waals surface area contributed by atoms with E-state index in [-0.39, 0.29) is 24.2 Å². The number of fused-ring (bicyclic) bond motifs is 1. The number of carbonyl (C=O) groups excluding carboxylic acids is 2. The summed E-state index contributed by atoms with van der Waals surface area (Å²) in [6, 6.07) is 11.2. The molecule has 30 heavy (non-hydrogen) atoms. The van der Waals surface area contributed by atoms with Crippen molar-refractivity contribution in [3.63, 3.8) is 0 Å². The molecule has 0 aliphatic carbocycles. The highest BCUT2D eigenvalue weighted by Gasteiger charge is 2.23. The quantitative estimate of drug-likeness (QED) is 0.634. The molecule has 0 atom stereocenters. The molecule has 0 saturated heterocycles. The first-order chi connectivity index (χ1) is 14.6. The lowest BCUT2D eigenvalue weighted by Crippen LogP contribution is -2.39. The van der Waals surface area contributed by atoms with E-state index in [4.69, 9.17) is 0 Å². The van der Waals surface area contributed by atoms with Crippen molar-refractivity contribution in [2.75, 3.05) is 18.4 Å².